The van der Waals surface area contributed by atoms with Gasteiger partial charge in [0.15, 0.2) is 12.3 Å². The highest BCUT2D eigenvalue weighted by Crippen LogP contribution is 2.45. The average Bonchev–Trinajstić information content (AvgIpc) is 3.68. The number of hydrogen-bond acceptors (Lipinski definition) is 6. The first-order valence-electron chi connectivity index (χ1n) is 16.0. The molecule has 0 saturated heterocycles. The zero-order valence-electron chi connectivity index (χ0n) is 26.8. The zero-order chi connectivity index (χ0) is 32.9. The number of fused-ring (bicyclic) bond motifs is 3. The molecule has 0 amide bonds. The molecule has 2 heterocycles. The summed E-state index contributed by atoms with van der Waals surface area (Å²) in [6.07, 6.45) is 11.9. The van der Waals surface area contributed by atoms with E-state index in [1.807, 2.05) is 18.2 Å². The maximum atomic E-state index is 11.3. The van der Waals surface area contributed by atoms with Crippen LogP contribution in [0.2, 0.25) is 5.02 Å². The van der Waals surface area contributed by atoms with Gasteiger partial charge in [0.1, 0.15) is 4.70 Å². The van der Waals surface area contributed by atoms with Crippen LogP contribution in [0.4, 0.5) is 5.69 Å². The fraction of sp³-hybridized carbons (Fsp3) is 0.289. The molecule has 0 radical (unpaired) electrons. The molecular formula is C38H37ClN2O4S2. The van der Waals surface area contributed by atoms with Gasteiger partial charge in [-0.25, -0.2) is 8.42 Å². The molecule has 1 aromatic heterocycles. The molecule has 0 bridgehead atoms. The molecule has 0 spiro atoms. The maximum absolute atomic E-state index is 11.3. The summed E-state index contributed by atoms with van der Waals surface area (Å²) in [5, 5.41) is 1.61. The molecule has 3 aliphatic rings. The number of aryl methyl sites for hydroxylation is 1. The number of nitrogens with zero attached hydrogens (tertiary/aromatic N) is 2. The van der Waals surface area contributed by atoms with Crippen LogP contribution in [-0.4, -0.2) is 25.3 Å². The fourth-order valence-electron chi connectivity index (χ4n) is 7.02. The van der Waals surface area contributed by atoms with Gasteiger partial charge in [0.05, 0.1) is 15.8 Å². The lowest BCUT2D eigenvalue weighted by Crippen LogP contribution is -2.36. The minimum absolute atomic E-state index is 0.0219. The number of hydrogen-bond donors (Lipinski definition) is 0. The van der Waals surface area contributed by atoms with E-state index < -0.39 is 15.9 Å². The maximum Gasteiger partial charge on any atom is 0.263 e. The van der Waals surface area contributed by atoms with Gasteiger partial charge in [0, 0.05) is 42.0 Å². The van der Waals surface area contributed by atoms with Crippen molar-refractivity contribution >= 4 is 66.7 Å². The van der Waals surface area contributed by atoms with E-state index in [0.717, 1.165) is 58.4 Å². The molecular weight excluding hydrogens is 648 g/mol. The van der Waals surface area contributed by atoms with Gasteiger partial charge in [-0.2, -0.15) is 4.57 Å². The van der Waals surface area contributed by atoms with E-state index in [2.05, 4.69) is 97.0 Å². The van der Waals surface area contributed by atoms with Gasteiger partial charge in [-0.15, -0.1) is 0 Å². The number of anilines is 1. The second-order valence-corrected chi connectivity index (χ2v) is 16.4. The smallest absolute Gasteiger partial charge is 0.263 e. The van der Waals surface area contributed by atoms with Crippen molar-refractivity contribution in [3.63, 3.8) is 0 Å². The van der Waals surface area contributed by atoms with Gasteiger partial charge in [-0.3, -0.25) is 0 Å². The Kier molecular flexibility index (Phi) is 8.41. The van der Waals surface area contributed by atoms with E-state index in [0.29, 0.717) is 11.6 Å². The Morgan fingerprint density at radius 1 is 1.06 bits per heavy atom. The first-order chi connectivity index (χ1) is 22.4. The lowest BCUT2D eigenvalue weighted by Gasteiger charge is -2.30. The Morgan fingerprint density at radius 3 is 2.68 bits per heavy atom. The number of ether oxygens (including phenoxy) is 1. The van der Waals surface area contributed by atoms with Crippen LogP contribution in [0.15, 0.2) is 89.8 Å². The molecule has 3 aromatic carbocycles. The van der Waals surface area contributed by atoms with Crippen LogP contribution in [0.5, 0.6) is 5.75 Å². The van der Waals surface area contributed by atoms with Gasteiger partial charge in [0.2, 0.25) is 11.4 Å². The third-order valence-electron chi connectivity index (χ3n) is 9.01. The summed E-state index contributed by atoms with van der Waals surface area (Å²) in [6, 6.07) is 20.8. The van der Waals surface area contributed by atoms with Crippen molar-refractivity contribution < 1.29 is 22.3 Å². The molecule has 0 unspecified atom stereocenters. The standard InChI is InChI=1S/C38H37ClN2O4S2/c1-4-40-32-21-29(30-19-27-8-5-6-9-28(27)20-30)10-12-34(32)45-36(40)17-25-16-26(24-38(2,3)23-25)18-37-41(14-7-15-47(42,43)44)33-22-31(39)11-13-35(33)46-37/h5-6,8-13,16-19,21-22H,4,7,14-15,20,23-24H2,1-3H3. The van der Waals surface area contributed by atoms with Crippen LogP contribution < -0.4 is 14.2 Å². The quantitative estimate of drug-likeness (QED) is 0.137. The minimum Gasteiger partial charge on any atom is -0.748 e. The largest absolute Gasteiger partial charge is 0.748 e. The predicted octanol–water partition coefficient (Wildman–Crippen LogP) is 8.76. The number of allylic oxidation sites excluding steroid dienone is 5. The number of thiazole rings is 1. The van der Waals surface area contributed by atoms with Crippen molar-refractivity contribution in [2.24, 2.45) is 5.41 Å². The Balaban J connectivity index is 1.20. The molecule has 242 valence electrons. The van der Waals surface area contributed by atoms with E-state index >= 15 is 0 Å². The van der Waals surface area contributed by atoms with E-state index in [1.54, 1.807) is 11.3 Å². The lowest BCUT2D eigenvalue weighted by atomic mass is 9.75. The molecule has 6 nitrogen and oxygen atoms in total. The van der Waals surface area contributed by atoms with Crippen molar-refractivity contribution in [2.75, 3.05) is 17.2 Å². The Bertz CT molecular complexity index is 2140. The molecule has 0 atom stereocenters. The molecule has 4 aromatic rings. The van der Waals surface area contributed by atoms with Crippen LogP contribution in [0.1, 0.15) is 61.7 Å². The van der Waals surface area contributed by atoms with Crippen LogP contribution >= 0.6 is 22.9 Å². The highest BCUT2D eigenvalue weighted by Gasteiger charge is 2.30. The van der Waals surface area contributed by atoms with Gasteiger partial charge < -0.3 is 14.2 Å². The summed E-state index contributed by atoms with van der Waals surface area (Å²) in [6.45, 7) is 7.91. The van der Waals surface area contributed by atoms with Crippen molar-refractivity contribution in [3.05, 3.63) is 117 Å². The second-order valence-electron chi connectivity index (χ2n) is 13.3. The topological polar surface area (TPSA) is 73.6 Å². The number of halogens is 1. The third-order valence-corrected chi connectivity index (χ3v) is 11.1. The molecule has 1 aliphatic heterocycles. The molecule has 0 fully saturated rings. The lowest BCUT2D eigenvalue weighted by molar-refractivity contribution is -0.668. The first-order valence-corrected chi connectivity index (χ1v) is 18.8. The first kappa shape index (κ1) is 31.9. The zero-order valence-corrected chi connectivity index (χ0v) is 29.1. The van der Waals surface area contributed by atoms with Crippen LogP contribution in [-0.2, 0) is 23.1 Å². The number of aromatic nitrogens is 1. The van der Waals surface area contributed by atoms with Crippen LogP contribution in [0.3, 0.4) is 0 Å². The van der Waals surface area contributed by atoms with E-state index in [1.165, 1.54) is 33.4 Å². The van der Waals surface area contributed by atoms with E-state index in [9.17, 15) is 13.0 Å². The Hall–Kier alpha value is -3.69. The van der Waals surface area contributed by atoms with Crippen LogP contribution in [0.25, 0.3) is 27.9 Å². The normalized spacial score (nSPS) is 18.8. The molecule has 0 saturated carbocycles. The van der Waals surface area contributed by atoms with Crippen LogP contribution in [0, 0.1) is 5.41 Å². The van der Waals surface area contributed by atoms with Crippen molar-refractivity contribution in [1.82, 2.24) is 0 Å². The average molecular weight is 685 g/mol. The minimum atomic E-state index is -4.29. The van der Waals surface area contributed by atoms with Crippen molar-refractivity contribution in [2.45, 2.75) is 53.0 Å². The number of rotatable bonds is 8. The molecule has 47 heavy (non-hydrogen) atoms. The van der Waals surface area contributed by atoms with Gasteiger partial charge in [-0.1, -0.05) is 79.3 Å². The predicted molar refractivity (Wildman–Crippen MR) is 191 cm³/mol. The highest BCUT2D eigenvalue weighted by atomic mass is 35.5. The second kappa shape index (κ2) is 12.4. The Morgan fingerprint density at radius 2 is 1.89 bits per heavy atom. The van der Waals surface area contributed by atoms with Gasteiger partial charge in [0.25, 0.3) is 5.01 Å². The monoisotopic (exact) mass is 684 g/mol. The summed E-state index contributed by atoms with van der Waals surface area (Å²) < 4.78 is 43.6. The summed E-state index contributed by atoms with van der Waals surface area (Å²) in [5.74, 6) is 1.30. The van der Waals surface area contributed by atoms with E-state index in [-0.39, 0.29) is 11.8 Å². The molecule has 7 rings (SSSR count). The summed E-state index contributed by atoms with van der Waals surface area (Å²) >= 11 is 7.99. The molecule has 2 aliphatic carbocycles. The summed E-state index contributed by atoms with van der Waals surface area (Å²) in [5.41, 5.74) is 9.62. The fourth-order valence-corrected chi connectivity index (χ4v) is 8.82. The highest BCUT2D eigenvalue weighted by molar-refractivity contribution is 7.85. The van der Waals surface area contributed by atoms with Gasteiger partial charge >= 0.3 is 0 Å². The van der Waals surface area contributed by atoms with Gasteiger partial charge in [-0.05, 0) is 89.3 Å². The molecule has 0 N–H and O–H groups in total. The third kappa shape index (κ3) is 6.83. The summed E-state index contributed by atoms with van der Waals surface area (Å²) in [7, 11) is -4.29. The SMILES string of the molecule is CCN1/C(=C/C2=CC(=C\c3sc4ccc(Cl)cc4[n+]3CCCS(=O)(=O)[O-])/CC(C)(C)C2)Oc2ccc(C3=Cc4ccccc4C3)cc21. The van der Waals surface area contributed by atoms with Crippen molar-refractivity contribution in [1.29, 1.82) is 0 Å². The van der Waals surface area contributed by atoms with Crippen molar-refractivity contribution in [3.8, 4) is 5.75 Å². The Labute approximate surface area is 285 Å². The number of benzene rings is 3. The van der Waals surface area contributed by atoms with E-state index in [4.69, 9.17) is 16.3 Å². The summed E-state index contributed by atoms with van der Waals surface area (Å²) in [4.78, 5) is 2.25. The molecule has 9 heteroatoms.